The molecular weight excluding hydrogens is 319 g/mol. The van der Waals surface area contributed by atoms with Crippen LogP contribution in [-0.2, 0) is 9.59 Å². The quantitative estimate of drug-likeness (QED) is 0.879. The second-order valence-electron chi connectivity index (χ2n) is 6.57. The van der Waals surface area contributed by atoms with Gasteiger partial charge in [-0.15, -0.1) is 0 Å². The Hall–Kier alpha value is -2.69. The second kappa shape index (κ2) is 6.67. The molecule has 0 radical (unpaired) electrons. The maximum Gasteiger partial charge on any atom is 0.228 e. The molecule has 25 heavy (non-hydrogen) atoms. The van der Waals surface area contributed by atoms with Crippen LogP contribution in [0.25, 0.3) is 0 Å². The number of carbonyl (C=O) groups is 2. The standard InChI is InChI=1S/C20H21FN2O2/c1-11-8-9-18(12(2)19(11)22-13(3)24)23-20(25)16-10-15(16)14-6-4-5-7-17(14)21/h4-9,15-16H,10H2,1-3H3,(H,22,24)(H,23,25)/t15-,16-/m0/s1. The first kappa shape index (κ1) is 17.1. The predicted octanol–water partition coefficient (Wildman–Crippen LogP) is 4.14. The fourth-order valence-corrected chi connectivity index (χ4v) is 3.18. The maximum atomic E-state index is 13.9. The molecule has 2 aromatic carbocycles. The van der Waals surface area contributed by atoms with Crippen molar-refractivity contribution in [2.24, 2.45) is 5.92 Å². The van der Waals surface area contributed by atoms with E-state index < -0.39 is 0 Å². The van der Waals surface area contributed by atoms with E-state index in [0.29, 0.717) is 23.4 Å². The molecule has 0 spiro atoms. The monoisotopic (exact) mass is 340 g/mol. The summed E-state index contributed by atoms with van der Waals surface area (Å²) in [7, 11) is 0. The molecule has 4 nitrogen and oxygen atoms in total. The summed E-state index contributed by atoms with van der Waals surface area (Å²) < 4.78 is 13.9. The molecule has 0 heterocycles. The van der Waals surface area contributed by atoms with Gasteiger partial charge >= 0.3 is 0 Å². The fourth-order valence-electron chi connectivity index (χ4n) is 3.18. The second-order valence-corrected chi connectivity index (χ2v) is 6.57. The Morgan fingerprint density at radius 2 is 1.80 bits per heavy atom. The molecular formula is C20H21FN2O2. The van der Waals surface area contributed by atoms with Gasteiger partial charge in [-0.3, -0.25) is 9.59 Å². The van der Waals surface area contributed by atoms with E-state index in [9.17, 15) is 14.0 Å². The SMILES string of the molecule is CC(=O)Nc1c(C)ccc(NC(=O)[C@H]2C[C@H]2c2ccccc2F)c1C. The highest BCUT2D eigenvalue weighted by Crippen LogP contribution is 2.48. The van der Waals surface area contributed by atoms with Crippen molar-refractivity contribution in [3.63, 3.8) is 0 Å². The largest absolute Gasteiger partial charge is 0.326 e. The Bertz CT molecular complexity index is 848. The molecule has 0 saturated heterocycles. The van der Waals surface area contributed by atoms with Crippen LogP contribution >= 0.6 is 0 Å². The highest BCUT2D eigenvalue weighted by atomic mass is 19.1. The van der Waals surface area contributed by atoms with Crippen molar-refractivity contribution in [3.8, 4) is 0 Å². The molecule has 0 bridgehead atoms. The number of aryl methyl sites for hydroxylation is 1. The number of rotatable bonds is 4. The third-order valence-corrected chi connectivity index (χ3v) is 4.66. The third-order valence-electron chi connectivity index (χ3n) is 4.66. The van der Waals surface area contributed by atoms with E-state index in [1.54, 1.807) is 18.2 Å². The summed E-state index contributed by atoms with van der Waals surface area (Å²) in [5.74, 6) is -0.823. The topological polar surface area (TPSA) is 58.2 Å². The molecule has 1 aliphatic carbocycles. The van der Waals surface area contributed by atoms with E-state index >= 15 is 0 Å². The van der Waals surface area contributed by atoms with Crippen molar-refractivity contribution in [1.29, 1.82) is 0 Å². The molecule has 2 aromatic rings. The highest BCUT2D eigenvalue weighted by Gasteiger charge is 2.45. The Kier molecular flexibility index (Phi) is 4.57. The van der Waals surface area contributed by atoms with Gasteiger partial charge < -0.3 is 10.6 Å². The molecule has 1 fully saturated rings. The van der Waals surface area contributed by atoms with Gasteiger partial charge in [0.05, 0.1) is 0 Å². The van der Waals surface area contributed by atoms with Crippen molar-refractivity contribution in [3.05, 3.63) is 58.9 Å². The lowest BCUT2D eigenvalue weighted by Gasteiger charge is -2.15. The van der Waals surface area contributed by atoms with Crippen LogP contribution in [0.1, 0.15) is 36.0 Å². The molecule has 130 valence electrons. The van der Waals surface area contributed by atoms with Crippen molar-refractivity contribution in [2.75, 3.05) is 10.6 Å². The van der Waals surface area contributed by atoms with Crippen LogP contribution in [0.2, 0.25) is 0 Å². The first-order valence-corrected chi connectivity index (χ1v) is 8.31. The highest BCUT2D eigenvalue weighted by molar-refractivity contribution is 5.98. The molecule has 5 heteroatoms. The van der Waals surface area contributed by atoms with Crippen molar-refractivity contribution >= 4 is 23.2 Å². The number of halogens is 1. The summed E-state index contributed by atoms with van der Waals surface area (Å²) in [5, 5.41) is 5.72. The first-order chi connectivity index (χ1) is 11.9. The van der Waals surface area contributed by atoms with Crippen LogP contribution in [0.15, 0.2) is 36.4 Å². The lowest BCUT2D eigenvalue weighted by molar-refractivity contribution is -0.117. The van der Waals surface area contributed by atoms with Gasteiger partial charge in [0.15, 0.2) is 0 Å². The maximum absolute atomic E-state index is 13.9. The van der Waals surface area contributed by atoms with Crippen LogP contribution in [0, 0.1) is 25.6 Å². The van der Waals surface area contributed by atoms with E-state index in [2.05, 4.69) is 10.6 Å². The molecule has 0 aromatic heterocycles. The zero-order valence-electron chi connectivity index (χ0n) is 14.5. The van der Waals surface area contributed by atoms with Crippen molar-refractivity contribution < 1.29 is 14.0 Å². The molecule has 0 unspecified atom stereocenters. The van der Waals surface area contributed by atoms with E-state index in [-0.39, 0.29) is 29.5 Å². The number of nitrogens with one attached hydrogen (secondary N) is 2. The Labute approximate surface area is 146 Å². The zero-order valence-corrected chi connectivity index (χ0v) is 14.5. The molecule has 0 aliphatic heterocycles. The van der Waals surface area contributed by atoms with Crippen LogP contribution in [-0.4, -0.2) is 11.8 Å². The number of hydrogen-bond donors (Lipinski definition) is 2. The fraction of sp³-hybridized carbons (Fsp3) is 0.300. The van der Waals surface area contributed by atoms with Crippen molar-refractivity contribution in [2.45, 2.75) is 33.1 Å². The predicted molar refractivity (Wildman–Crippen MR) is 96.1 cm³/mol. The molecule has 2 amide bonds. The number of amides is 2. The van der Waals surface area contributed by atoms with Crippen LogP contribution < -0.4 is 10.6 Å². The van der Waals surface area contributed by atoms with Crippen LogP contribution in [0.3, 0.4) is 0 Å². The van der Waals surface area contributed by atoms with Gasteiger partial charge in [0, 0.05) is 24.2 Å². The first-order valence-electron chi connectivity index (χ1n) is 8.31. The summed E-state index contributed by atoms with van der Waals surface area (Å²) in [6, 6.07) is 10.3. The summed E-state index contributed by atoms with van der Waals surface area (Å²) in [5.41, 5.74) is 3.72. The average molecular weight is 340 g/mol. The average Bonchev–Trinajstić information content (AvgIpc) is 3.35. The summed E-state index contributed by atoms with van der Waals surface area (Å²) in [6.07, 6.45) is 0.649. The number of anilines is 2. The van der Waals surface area contributed by atoms with Crippen molar-refractivity contribution in [1.82, 2.24) is 0 Å². The minimum atomic E-state index is -0.262. The molecule has 1 saturated carbocycles. The van der Waals surface area contributed by atoms with Gasteiger partial charge in [-0.25, -0.2) is 4.39 Å². The van der Waals surface area contributed by atoms with Gasteiger partial charge in [0.25, 0.3) is 0 Å². The van der Waals surface area contributed by atoms with Gasteiger partial charge in [0.2, 0.25) is 11.8 Å². The minimum Gasteiger partial charge on any atom is -0.326 e. The molecule has 2 atom stereocenters. The van der Waals surface area contributed by atoms with Gasteiger partial charge in [0.1, 0.15) is 5.82 Å². The van der Waals surface area contributed by atoms with Gasteiger partial charge in [-0.2, -0.15) is 0 Å². The molecule has 2 N–H and O–H groups in total. The lowest BCUT2D eigenvalue weighted by Crippen LogP contribution is -2.17. The minimum absolute atomic E-state index is 0.0678. The zero-order chi connectivity index (χ0) is 18.1. The van der Waals surface area contributed by atoms with E-state index in [1.807, 2.05) is 26.0 Å². The molecule has 3 rings (SSSR count). The van der Waals surface area contributed by atoms with Gasteiger partial charge in [-0.05, 0) is 55.0 Å². The Balaban J connectivity index is 1.74. The van der Waals surface area contributed by atoms with E-state index in [0.717, 1.165) is 11.1 Å². The number of carbonyl (C=O) groups excluding carboxylic acids is 2. The summed E-state index contributed by atoms with van der Waals surface area (Å²) in [4.78, 5) is 23.9. The third kappa shape index (κ3) is 3.55. The lowest BCUT2D eigenvalue weighted by atomic mass is 10.1. The van der Waals surface area contributed by atoms with Crippen LogP contribution in [0.5, 0.6) is 0 Å². The summed E-state index contributed by atoms with van der Waals surface area (Å²) >= 11 is 0. The van der Waals surface area contributed by atoms with E-state index in [4.69, 9.17) is 0 Å². The van der Waals surface area contributed by atoms with Gasteiger partial charge in [-0.1, -0.05) is 24.3 Å². The van der Waals surface area contributed by atoms with E-state index in [1.165, 1.54) is 13.0 Å². The number of hydrogen-bond acceptors (Lipinski definition) is 2. The Morgan fingerprint density at radius 3 is 2.48 bits per heavy atom. The summed E-state index contributed by atoms with van der Waals surface area (Å²) in [6.45, 7) is 5.21. The Morgan fingerprint density at radius 1 is 1.08 bits per heavy atom. The normalized spacial score (nSPS) is 18.6. The number of benzene rings is 2. The smallest absolute Gasteiger partial charge is 0.228 e. The molecule has 1 aliphatic rings. The van der Waals surface area contributed by atoms with Crippen LogP contribution in [0.4, 0.5) is 15.8 Å².